The zero-order chi connectivity index (χ0) is 11.5. The van der Waals surface area contributed by atoms with E-state index < -0.39 is 6.10 Å². The standard InChI is InChI=1S/C12H24O2/c1-8(7-12(4,5)6)11(14)9(2)10(3)13/h8-10,13H,7H2,1-6H3. The van der Waals surface area contributed by atoms with Crippen LogP contribution in [0.5, 0.6) is 0 Å². The van der Waals surface area contributed by atoms with Crippen molar-refractivity contribution in [1.29, 1.82) is 0 Å². The Morgan fingerprint density at radius 3 is 1.93 bits per heavy atom. The maximum atomic E-state index is 11.8. The number of hydrogen-bond acceptors (Lipinski definition) is 2. The lowest BCUT2D eigenvalue weighted by Gasteiger charge is -2.25. The van der Waals surface area contributed by atoms with Crippen molar-refractivity contribution in [2.45, 2.75) is 54.1 Å². The Morgan fingerprint density at radius 2 is 1.64 bits per heavy atom. The topological polar surface area (TPSA) is 37.3 Å². The Morgan fingerprint density at radius 1 is 1.21 bits per heavy atom. The second-order valence-electron chi connectivity index (χ2n) is 5.60. The van der Waals surface area contributed by atoms with Gasteiger partial charge in [-0.25, -0.2) is 0 Å². The molecule has 84 valence electrons. The van der Waals surface area contributed by atoms with Crippen molar-refractivity contribution in [3.8, 4) is 0 Å². The minimum Gasteiger partial charge on any atom is -0.393 e. The summed E-state index contributed by atoms with van der Waals surface area (Å²) in [5, 5.41) is 9.32. The normalized spacial score (nSPS) is 18.8. The summed E-state index contributed by atoms with van der Waals surface area (Å²) in [6.07, 6.45) is 0.341. The molecular weight excluding hydrogens is 176 g/mol. The van der Waals surface area contributed by atoms with E-state index in [1.54, 1.807) is 13.8 Å². The molecule has 0 aromatic carbocycles. The molecule has 2 heteroatoms. The number of Topliss-reactive ketones (excluding diaryl/α,β-unsaturated/α-hetero) is 1. The number of aliphatic hydroxyl groups is 1. The molecule has 14 heavy (non-hydrogen) atoms. The van der Waals surface area contributed by atoms with Crippen molar-refractivity contribution < 1.29 is 9.90 Å². The summed E-state index contributed by atoms with van der Waals surface area (Å²) in [5.41, 5.74) is 0.174. The van der Waals surface area contributed by atoms with Gasteiger partial charge in [0.1, 0.15) is 5.78 Å². The van der Waals surface area contributed by atoms with Gasteiger partial charge in [-0.1, -0.05) is 34.6 Å². The highest BCUT2D eigenvalue weighted by atomic mass is 16.3. The van der Waals surface area contributed by atoms with Crippen LogP contribution in [0, 0.1) is 17.3 Å². The molecular formula is C12H24O2. The van der Waals surface area contributed by atoms with E-state index in [4.69, 9.17) is 0 Å². The quantitative estimate of drug-likeness (QED) is 0.757. The summed E-state index contributed by atoms with van der Waals surface area (Å²) in [7, 11) is 0. The van der Waals surface area contributed by atoms with Crippen LogP contribution in [0.3, 0.4) is 0 Å². The molecule has 0 aromatic rings. The van der Waals surface area contributed by atoms with Crippen molar-refractivity contribution in [3.05, 3.63) is 0 Å². The summed E-state index contributed by atoms with van der Waals surface area (Å²) in [5.74, 6) is -0.0260. The minimum absolute atomic E-state index is 0.0413. The van der Waals surface area contributed by atoms with Crippen LogP contribution in [0.15, 0.2) is 0 Å². The molecule has 0 aliphatic carbocycles. The minimum atomic E-state index is -0.537. The molecule has 1 N–H and O–H groups in total. The maximum Gasteiger partial charge on any atom is 0.141 e. The van der Waals surface area contributed by atoms with Crippen LogP contribution in [0.2, 0.25) is 0 Å². The van der Waals surface area contributed by atoms with Crippen molar-refractivity contribution in [1.82, 2.24) is 0 Å². The third-order valence-electron chi connectivity index (χ3n) is 2.58. The first-order valence-electron chi connectivity index (χ1n) is 5.37. The first kappa shape index (κ1) is 13.6. The molecule has 3 atom stereocenters. The third-order valence-corrected chi connectivity index (χ3v) is 2.58. The Balaban J connectivity index is 4.26. The predicted octanol–water partition coefficient (Wildman–Crippen LogP) is 2.64. The summed E-state index contributed by atoms with van der Waals surface area (Å²) in [4.78, 5) is 11.8. The van der Waals surface area contributed by atoms with E-state index in [-0.39, 0.29) is 23.0 Å². The van der Waals surface area contributed by atoms with Gasteiger partial charge in [-0.3, -0.25) is 4.79 Å². The lowest BCUT2D eigenvalue weighted by molar-refractivity contribution is -0.129. The van der Waals surface area contributed by atoms with E-state index in [2.05, 4.69) is 20.8 Å². The monoisotopic (exact) mass is 200 g/mol. The van der Waals surface area contributed by atoms with E-state index in [0.717, 1.165) is 6.42 Å². The molecule has 0 heterocycles. The Hall–Kier alpha value is -0.370. The number of ketones is 1. The largest absolute Gasteiger partial charge is 0.393 e. The van der Waals surface area contributed by atoms with Gasteiger partial charge in [-0.05, 0) is 18.8 Å². The zero-order valence-electron chi connectivity index (χ0n) is 10.3. The van der Waals surface area contributed by atoms with E-state index in [1.807, 2.05) is 6.92 Å². The summed E-state index contributed by atoms with van der Waals surface area (Å²) < 4.78 is 0. The van der Waals surface area contributed by atoms with Crippen LogP contribution >= 0.6 is 0 Å². The van der Waals surface area contributed by atoms with Crippen LogP contribution in [0.1, 0.15) is 48.0 Å². The van der Waals surface area contributed by atoms with Gasteiger partial charge in [0.25, 0.3) is 0 Å². The molecule has 2 nitrogen and oxygen atoms in total. The molecule has 0 fully saturated rings. The third kappa shape index (κ3) is 4.75. The molecule has 0 aliphatic heterocycles. The van der Waals surface area contributed by atoms with Gasteiger partial charge in [0.15, 0.2) is 0 Å². The van der Waals surface area contributed by atoms with Gasteiger partial charge in [0, 0.05) is 11.8 Å². The Labute approximate surface area is 87.7 Å². The molecule has 0 aromatic heterocycles. The van der Waals surface area contributed by atoms with Gasteiger partial charge in [-0.15, -0.1) is 0 Å². The highest BCUT2D eigenvalue weighted by molar-refractivity contribution is 5.83. The SMILES string of the molecule is CC(CC(C)(C)C)C(=O)C(C)C(C)O. The smallest absolute Gasteiger partial charge is 0.141 e. The summed E-state index contributed by atoms with van der Waals surface area (Å²) >= 11 is 0. The molecule has 0 rings (SSSR count). The van der Waals surface area contributed by atoms with E-state index in [1.165, 1.54) is 0 Å². The van der Waals surface area contributed by atoms with Crippen molar-refractivity contribution in [3.63, 3.8) is 0 Å². The van der Waals surface area contributed by atoms with Crippen LogP contribution in [-0.2, 0) is 4.79 Å². The number of aliphatic hydroxyl groups excluding tert-OH is 1. The first-order chi connectivity index (χ1) is 6.15. The van der Waals surface area contributed by atoms with Crippen molar-refractivity contribution >= 4 is 5.78 Å². The molecule has 0 aliphatic rings. The summed E-state index contributed by atoms with van der Waals surface area (Å²) in [6, 6.07) is 0. The highest BCUT2D eigenvalue weighted by Gasteiger charge is 2.26. The average Bonchev–Trinajstić information content (AvgIpc) is 1.98. The van der Waals surface area contributed by atoms with Crippen LogP contribution in [0.25, 0.3) is 0 Å². The molecule has 0 amide bonds. The predicted molar refractivity (Wildman–Crippen MR) is 59.1 cm³/mol. The maximum absolute atomic E-state index is 11.8. The second kappa shape index (κ2) is 4.92. The zero-order valence-corrected chi connectivity index (χ0v) is 10.3. The number of carbonyl (C=O) groups excluding carboxylic acids is 1. The van der Waals surface area contributed by atoms with Crippen LogP contribution in [-0.4, -0.2) is 17.0 Å². The van der Waals surface area contributed by atoms with Crippen LogP contribution < -0.4 is 0 Å². The molecule has 0 saturated carbocycles. The molecule has 0 spiro atoms. The Kier molecular flexibility index (Phi) is 4.79. The van der Waals surface area contributed by atoms with E-state index >= 15 is 0 Å². The number of hydrogen-bond donors (Lipinski definition) is 1. The van der Waals surface area contributed by atoms with Crippen molar-refractivity contribution in [2.75, 3.05) is 0 Å². The number of rotatable bonds is 4. The fraction of sp³-hybridized carbons (Fsp3) is 0.917. The molecule has 0 bridgehead atoms. The lowest BCUT2D eigenvalue weighted by atomic mass is 9.80. The fourth-order valence-electron chi connectivity index (χ4n) is 1.71. The van der Waals surface area contributed by atoms with E-state index in [9.17, 15) is 9.90 Å². The van der Waals surface area contributed by atoms with Crippen LogP contribution in [0.4, 0.5) is 0 Å². The second-order valence-corrected chi connectivity index (χ2v) is 5.60. The van der Waals surface area contributed by atoms with Crippen molar-refractivity contribution in [2.24, 2.45) is 17.3 Å². The number of carbonyl (C=O) groups is 1. The molecule has 0 saturated heterocycles. The highest BCUT2D eigenvalue weighted by Crippen LogP contribution is 2.26. The Bertz CT molecular complexity index is 189. The summed E-state index contributed by atoms with van der Waals surface area (Å²) in [6.45, 7) is 11.8. The van der Waals surface area contributed by atoms with Gasteiger partial charge < -0.3 is 5.11 Å². The van der Waals surface area contributed by atoms with E-state index in [0.29, 0.717) is 0 Å². The lowest BCUT2D eigenvalue weighted by Crippen LogP contribution is -2.29. The molecule has 3 unspecified atom stereocenters. The van der Waals surface area contributed by atoms with Gasteiger partial charge in [0.2, 0.25) is 0 Å². The van der Waals surface area contributed by atoms with Gasteiger partial charge >= 0.3 is 0 Å². The van der Waals surface area contributed by atoms with Gasteiger partial charge in [0.05, 0.1) is 6.10 Å². The first-order valence-corrected chi connectivity index (χ1v) is 5.37. The fourth-order valence-corrected chi connectivity index (χ4v) is 1.71. The molecule has 0 radical (unpaired) electrons. The van der Waals surface area contributed by atoms with Gasteiger partial charge in [-0.2, -0.15) is 0 Å². The average molecular weight is 200 g/mol.